The highest BCUT2D eigenvalue weighted by Gasteiger charge is 2.43. The molecule has 1 aliphatic heterocycles. The molecule has 0 radical (unpaired) electrons. The normalized spacial score (nSPS) is 20.9. The van der Waals surface area contributed by atoms with E-state index in [9.17, 15) is 0 Å². The number of benzene rings is 3. The van der Waals surface area contributed by atoms with Crippen LogP contribution in [0.15, 0.2) is 71.9 Å². The lowest BCUT2D eigenvalue weighted by Gasteiger charge is -2.39. The van der Waals surface area contributed by atoms with Crippen LogP contribution in [0.4, 0.5) is 0 Å². The molecule has 0 amide bonds. The van der Waals surface area contributed by atoms with E-state index in [1.165, 1.54) is 7.11 Å². The first kappa shape index (κ1) is 15.8. The number of ether oxygens (including phenoxy) is 3. The first-order chi connectivity index (χ1) is 13.3. The van der Waals surface area contributed by atoms with Crippen molar-refractivity contribution >= 4 is 16.5 Å². The lowest BCUT2D eigenvalue weighted by Crippen LogP contribution is -2.42. The quantitative estimate of drug-likeness (QED) is 0.637. The molecular formula is C22H17NO4. The van der Waals surface area contributed by atoms with Crippen molar-refractivity contribution in [3.63, 3.8) is 0 Å². The minimum Gasteiger partial charge on any atom is -0.496 e. The molecule has 2 aliphatic rings. The monoisotopic (exact) mass is 359 g/mol. The lowest BCUT2D eigenvalue weighted by atomic mass is 9.89. The van der Waals surface area contributed by atoms with Crippen molar-refractivity contribution in [1.82, 2.24) is 0 Å². The maximum absolute atomic E-state index is 6.42. The molecule has 1 heterocycles. The van der Waals surface area contributed by atoms with Gasteiger partial charge in [-0.05, 0) is 24.3 Å². The van der Waals surface area contributed by atoms with E-state index < -0.39 is 5.79 Å². The zero-order valence-electron chi connectivity index (χ0n) is 14.9. The number of nitrogens with zero attached hydrogens (tertiary/aromatic N) is 1. The molecular weight excluding hydrogens is 342 g/mol. The number of allylic oxidation sites excluding steroid dienone is 1. The van der Waals surface area contributed by atoms with E-state index in [2.05, 4.69) is 5.16 Å². The van der Waals surface area contributed by atoms with E-state index in [-0.39, 0.29) is 0 Å². The Morgan fingerprint density at radius 3 is 2.52 bits per heavy atom. The average molecular weight is 359 g/mol. The van der Waals surface area contributed by atoms with Gasteiger partial charge in [0.1, 0.15) is 30.1 Å². The van der Waals surface area contributed by atoms with Crippen LogP contribution in [0.3, 0.4) is 0 Å². The fourth-order valence-electron chi connectivity index (χ4n) is 3.75. The van der Waals surface area contributed by atoms with Crippen molar-refractivity contribution < 1.29 is 19.0 Å². The van der Waals surface area contributed by atoms with Crippen LogP contribution in [0.5, 0.6) is 17.2 Å². The Labute approximate surface area is 156 Å². The van der Waals surface area contributed by atoms with Crippen molar-refractivity contribution in [2.75, 3.05) is 14.2 Å². The van der Waals surface area contributed by atoms with Gasteiger partial charge in [0.25, 0.3) is 5.79 Å². The van der Waals surface area contributed by atoms with Crippen LogP contribution in [0.1, 0.15) is 11.1 Å². The second-order valence-corrected chi connectivity index (χ2v) is 6.35. The van der Waals surface area contributed by atoms with E-state index in [0.29, 0.717) is 0 Å². The SMILES string of the molecule is CO/N=C1/C=CC2(Oc3cccc4c(OC)ccc(c34)O2)c2ccccc21. The van der Waals surface area contributed by atoms with Crippen LogP contribution in [-0.4, -0.2) is 19.9 Å². The maximum Gasteiger partial charge on any atom is 0.299 e. The molecule has 5 nitrogen and oxygen atoms in total. The van der Waals surface area contributed by atoms with Crippen LogP contribution in [0, 0.1) is 0 Å². The fourth-order valence-corrected chi connectivity index (χ4v) is 3.75. The van der Waals surface area contributed by atoms with Gasteiger partial charge in [-0.2, -0.15) is 0 Å². The second-order valence-electron chi connectivity index (χ2n) is 6.35. The van der Waals surface area contributed by atoms with Gasteiger partial charge < -0.3 is 19.0 Å². The molecule has 134 valence electrons. The van der Waals surface area contributed by atoms with Crippen molar-refractivity contribution in [1.29, 1.82) is 0 Å². The van der Waals surface area contributed by atoms with Gasteiger partial charge in [0.05, 0.1) is 12.5 Å². The molecule has 1 unspecified atom stereocenters. The first-order valence-corrected chi connectivity index (χ1v) is 8.64. The summed E-state index contributed by atoms with van der Waals surface area (Å²) in [7, 11) is 3.19. The fraction of sp³-hybridized carbons (Fsp3) is 0.136. The van der Waals surface area contributed by atoms with Crippen molar-refractivity contribution in [3.8, 4) is 17.2 Å². The average Bonchev–Trinajstić information content (AvgIpc) is 2.71. The summed E-state index contributed by atoms with van der Waals surface area (Å²) in [5.74, 6) is 1.23. The van der Waals surface area contributed by atoms with Crippen LogP contribution in [-0.2, 0) is 10.6 Å². The smallest absolute Gasteiger partial charge is 0.299 e. The summed E-state index contributed by atoms with van der Waals surface area (Å²) >= 11 is 0. The van der Waals surface area contributed by atoms with Gasteiger partial charge in [-0.15, -0.1) is 0 Å². The Kier molecular flexibility index (Phi) is 3.37. The van der Waals surface area contributed by atoms with Gasteiger partial charge in [0, 0.05) is 22.6 Å². The highest BCUT2D eigenvalue weighted by molar-refractivity contribution is 6.11. The van der Waals surface area contributed by atoms with Crippen LogP contribution in [0.2, 0.25) is 0 Å². The molecule has 5 rings (SSSR count). The largest absolute Gasteiger partial charge is 0.496 e. The lowest BCUT2D eigenvalue weighted by molar-refractivity contribution is -0.0833. The van der Waals surface area contributed by atoms with Crippen molar-refractivity contribution in [2.45, 2.75) is 5.79 Å². The number of hydrogen-bond donors (Lipinski definition) is 0. The molecule has 1 aliphatic carbocycles. The summed E-state index contributed by atoms with van der Waals surface area (Å²) in [5, 5.41) is 5.97. The van der Waals surface area contributed by atoms with Crippen molar-refractivity contribution in [3.05, 3.63) is 77.9 Å². The molecule has 27 heavy (non-hydrogen) atoms. The highest BCUT2D eigenvalue weighted by Crippen LogP contribution is 2.49. The topological polar surface area (TPSA) is 49.3 Å². The number of fused-ring (bicyclic) bond motifs is 2. The minimum atomic E-state index is -1.06. The highest BCUT2D eigenvalue weighted by atomic mass is 16.7. The van der Waals surface area contributed by atoms with Gasteiger partial charge in [-0.3, -0.25) is 0 Å². The molecule has 0 N–H and O–H groups in total. The van der Waals surface area contributed by atoms with Gasteiger partial charge in [-0.25, -0.2) is 0 Å². The minimum absolute atomic E-state index is 0.727. The zero-order valence-corrected chi connectivity index (χ0v) is 14.9. The van der Waals surface area contributed by atoms with Gasteiger partial charge in [-0.1, -0.05) is 41.6 Å². The number of rotatable bonds is 2. The molecule has 0 aromatic heterocycles. The molecule has 3 aromatic rings. The van der Waals surface area contributed by atoms with Crippen LogP contribution >= 0.6 is 0 Å². The van der Waals surface area contributed by atoms with E-state index in [1.807, 2.05) is 66.7 Å². The summed E-state index contributed by atoms with van der Waals surface area (Å²) in [5.41, 5.74) is 2.51. The van der Waals surface area contributed by atoms with Gasteiger partial charge >= 0.3 is 0 Å². The third kappa shape index (κ3) is 2.21. The Morgan fingerprint density at radius 1 is 0.889 bits per heavy atom. The molecule has 5 heteroatoms. The predicted molar refractivity (Wildman–Crippen MR) is 103 cm³/mol. The maximum atomic E-state index is 6.42. The van der Waals surface area contributed by atoms with Gasteiger partial charge in [0.2, 0.25) is 0 Å². The summed E-state index contributed by atoms with van der Waals surface area (Å²) in [6.45, 7) is 0. The third-order valence-electron chi connectivity index (χ3n) is 4.90. The molecule has 3 aromatic carbocycles. The Hall–Kier alpha value is -3.47. The molecule has 1 spiro atoms. The zero-order chi connectivity index (χ0) is 18.4. The Balaban J connectivity index is 1.72. The predicted octanol–water partition coefficient (Wildman–Crippen LogP) is 4.39. The molecule has 0 fully saturated rings. The van der Waals surface area contributed by atoms with E-state index in [1.54, 1.807) is 7.11 Å². The summed E-state index contributed by atoms with van der Waals surface area (Å²) in [6, 6.07) is 17.6. The number of oxime groups is 1. The number of hydrogen-bond acceptors (Lipinski definition) is 5. The summed E-state index contributed by atoms with van der Waals surface area (Å²) in [4.78, 5) is 4.98. The van der Waals surface area contributed by atoms with E-state index >= 15 is 0 Å². The molecule has 0 saturated carbocycles. The van der Waals surface area contributed by atoms with Gasteiger partial charge in [0.15, 0.2) is 0 Å². The van der Waals surface area contributed by atoms with Crippen molar-refractivity contribution in [2.24, 2.45) is 5.16 Å². The standard InChI is InChI=1S/C22H17NO4/c1-24-18-10-11-20-21-15(18)7-5-9-19(21)26-22(27-20)13-12-17(23-25-2)14-6-3-4-8-16(14)22/h3-13H,1-2H3/b23-17-. The number of methoxy groups -OCH3 is 1. The molecule has 0 bridgehead atoms. The summed E-state index contributed by atoms with van der Waals surface area (Å²) in [6.07, 6.45) is 3.74. The first-order valence-electron chi connectivity index (χ1n) is 8.64. The second kappa shape index (κ2) is 5.77. The molecule has 0 saturated heterocycles. The molecule has 1 atom stereocenters. The van der Waals surface area contributed by atoms with Crippen LogP contribution in [0.25, 0.3) is 10.8 Å². The Bertz CT molecular complexity index is 1100. The van der Waals surface area contributed by atoms with E-state index in [4.69, 9.17) is 19.0 Å². The van der Waals surface area contributed by atoms with Crippen LogP contribution < -0.4 is 14.2 Å². The third-order valence-corrected chi connectivity index (χ3v) is 4.90. The summed E-state index contributed by atoms with van der Waals surface area (Å²) < 4.78 is 18.3. The Morgan fingerprint density at radius 2 is 1.70 bits per heavy atom. The van der Waals surface area contributed by atoms with E-state index in [0.717, 1.165) is 44.9 Å².